The normalized spacial score (nSPS) is 19.3. The zero-order valence-corrected chi connectivity index (χ0v) is 16.6. The number of likely N-dealkylation sites (tertiary alicyclic amines) is 1. The molecule has 3 heterocycles. The first-order valence-electron chi connectivity index (χ1n) is 10.7. The SMILES string of the molecule is c1ccc(CN2CCC3(CC2)c2ccccc2CCCCn2ccnc23)cc1. The molecule has 1 spiro atoms. The van der Waals surface area contributed by atoms with Crippen molar-refractivity contribution in [3.8, 4) is 0 Å². The van der Waals surface area contributed by atoms with Gasteiger partial charge in [-0.25, -0.2) is 4.98 Å². The van der Waals surface area contributed by atoms with E-state index in [2.05, 4.69) is 70.3 Å². The number of imidazole rings is 1. The summed E-state index contributed by atoms with van der Waals surface area (Å²) in [5.41, 5.74) is 4.53. The number of aryl methyl sites for hydroxylation is 2. The molecule has 1 fully saturated rings. The average molecular weight is 372 g/mol. The fourth-order valence-electron chi connectivity index (χ4n) is 5.26. The van der Waals surface area contributed by atoms with E-state index < -0.39 is 0 Å². The Labute approximate surface area is 168 Å². The van der Waals surface area contributed by atoms with Gasteiger partial charge in [-0.15, -0.1) is 0 Å². The van der Waals surface area contributed by atoms with Crippen LogP contribution in [0.3, 0.4) is 0 Å². The molecular weight excluding hydrogens is 342 g/mol. The molecule has 0 atom stereocenters. The van der Waals surface area contributed by atoms with Crippen molar-refractivity contribution in [2.24, 2.45) is 0 Å². The van der Waals surface area contributed by atoms with Gasteiger partial charge in [-0.2, -0.15) is 0 Å². The van der Waals surface area contributed by atoms with Crippen LogP contribution in [-0.2, 0) is 24.9 Å². The van der Waals surface area contributed by atoms with E-state index in [4.69, 9.17) is 4.98 Å². The monoisotopic (exact) mass is 371 g/mol. The number of piperidine rings is 1. The zero-order valence-electron chi connectivity index (χ0n) is 16.6. The van der Waals surface area contributed by atoms with Crippen LogP contribution in [0.5, 0.6) is 0 Å². The van der Waals surface area contributed by atoms with Crippen LogP contribution in [0.4, 0.5) is 0 Å². The Morgan fingerprint density at radius 1 is 0.857 bits per heavy atom. The maximum Gasteiger partial charge on any atom is 0.119 e. The van der Waals surface area contributed by atoms with Crippen molar-refractivity contribution < 1.29 is 0 Å². The van der Waals surface area contributed by atoms with Gasteiger partial charge in [0.2, 0.25) is 0 Å². The van der Waals surface area contributed by atoms with Crippen LogP contribution in [0.2, 0.25) is 0 Å². The molecule has 0 bridgehead atoms. The Kier molecular flexibility index (Phi) is 4.77. The molecule has 28 heavy (non-hydrogen) atoms. The van der Waals surface area contributed by atoms with Crippen LogP contribution in [0.15, 0.2) is 67.0 Å². The van der Waals surface area contributed by atoms with Gasteiger partial charge in [0.15, 0.2) is 0 Å². The molecule has 3 heteroatoms. The van der Waals surface area contributed by atoms with Crippen molar-refractivity contribution in [3.05, 3.63) is 89.5 Å². The second-order valence-corrected chi connectivity index (χ2v) is 8.40. The van der Waals surface area contributed by atoms with Gasteiger partial charge in [-0.1, -0.05) is 54.6 Å². The lowest BCUT2D eigenvalue weighted by Crippen LogP contribution is -2.44. The first kappa shape index (κ1) is 17.7. The van der Waals surface area contributed by atoms with Crippen molar-refractivity contribution >= 4 is 0 Å². The largest absolute Gasteiger partial charge is 0.334 e. The third kappa shape index (κ3) is 3.18. The summed E-state index contributed by atoms with van der Waals surface area (Å²) in [6.07, 6.45) is 10.2. The highest BCUT2D eigenvalue weighted by molar-refractivity contribution is 5.41. The third-order valence-corrected chi connectivity index (χ3v) is 6.73. The van der Waals surface area contributed by atoms with Crippen molar-refractivity contribution in [3.63, 3.8) is 0 Å². The molecule has 144 valence electrons. The molecule has 0 N–H and O–H groups in total. The van der Waals surface area contributed by atoms with Crippen molar-refractivity contribution in [2.75, 3.05) is 13.1 Å². The van der Waals surface area contributed by atoms with Gasteiger partial charge >= 0.3 is 0 Å². The molecule has 0 saturated carbocycles. The highest BCUT2D eigenvalue weighted by atomic mass is 15.1. The molecular formula is C25H29N3. The predicted octanol–water partition coefficient (Wildman–Crippen LogP) is 4.80. The standard InChI is InChI=1S/C25H29N3/c1-2-8-21(9-3-1)20-27-17-13-25(14-18-27)23-12-5-4-10-22(23)11-6-7-16-28-19-15-26-24(25)28/h1-5,8-10,12,15,19H,6-7,11,13-14,16-18,20H2. The van der Waals surface area contributed by atoms with Gasteiger partial charge < -0.3 is 4.57 Å². The quantitative estimate of drug-likeness (QED) is 0.645. The van der Waals surface area contributed by atoms with Gasteiger partial charge in [0.1, 0.15) is 5.82 Å². The number of rotatable bonds is 2. The molecule has 2 aromatic carbocycles. The summed E-state index contributed by atoms with van der Waals surface area (Å²) in [5.74, 6) is 1.29. The first-order valence-corrected chi connectivity index (χ1v) is 10.7. The van der Waals surface area contributed by atoms with Gasteiger partial charge in [-0.05, 0) is 61.9 Å². The predicted molar refractivity (Wildman–Crippen MR) is 113 cm³/mol. The fraction of sp³-hybridized carbons (Fsp3) is 0.400. The Bertz CT molecular complexity index is 920. The lowest BCUT2D eigenvalue weighted by atomic mass is 9.70. The number of aromatic nitrogens is 2. The maximum atomic E-state index is 4.93. The molecule has 1 aromatic heterocycles. The van der Waals surface area contributed by atoms with Crippen LogP contribution in [0.1, 0.15) is 48.2 Å². The molecule has 0 radical (unpaired) electrons. The van der Waals surface area contributed by atoms with Crippen LogP contribution in [0.25, 0.3) is 0 Å². The van der Waals surface area contributed by atoms with E-state index in [1.54, 1.807) is 0 Å². The van der Waals surface area contributed by atoms with E-state index in [9.17, 15) is 0 Å². The number of nitrogens with zero attached hydrogens (tertiary/aromatic N) is 3. The Morgan fingerprint density at radius 3 is 2.50 bits per heavy atom. The highest BCUT2D eigenvalue weighted by Crippen LogP contribution is 2.43. The van der Waals surface area contributed by atoms with E-state index in [0.29, 0.717) is 0 Å². The van der Waals surface area contributed by atoms with Gasteiger partial charge in [-0.3, -0.25) is 4.90 Å². The molecule has 3 aromatic rings. The van der Waals surface area contributed by atoms with Crippen molar-refractivity contribution in [2.45, 2.75) is 50.6 Å². The van der Waals surface area contributed by atoms with Crippen LogP contribution < -0.4 is 0 Å². The maximum absolute atomic E-state index is 4.93. The number of hydrogen-bond acceptors (Lipinski definition) is 2. The Balaban J connectivity index is 1.49. The van der Waals surface area contributed by atoms with E-state index in [1.165, 1.54) is 41.8 Å². The highest BCUT2D eigenvalue weighted by Gasteiger charge is 2.42. The molecule has 1 saturated heterocycles. The summed E-state index contributed by atoms with van der Waals surface area (Å²) < 4.78 is 2.44. The summed E-state index contributed by atoms with van der Waals surface area (Å²) in [5, 5.41) is 0. The molecule has 0 unspecified atom stereocenters. The second-order valence-electron chi connectivity index (χ2n) is 8.40. The van der Waals surface area contributed by atoms with E-state index >= 15 is 0 Å². The van der Waals surface area contributed by atoms with E-state index in [0.717, 1.165) is 39.0 Å². The minimum atomic E-state index is 0.0532. The molecule has 2 aliphatic rings. The molecule has 0 amide bonds. The first-order chi connectivity index (χ1) is 13.9. The summed E-state index contributed by atoms with van der Waals surface area (Å²) in [7, 11) is 0. The summed E-state index contributed by atoms with van der Waals surface area (Å²) in [6.45, 7) is 4.39. The van der Waals surface area contributed by atoms with Gasteiger partial charge in [0.05, 0.1) is 5.41 Å². The Morgan fingerprint density at radius 2 is 1.64 bits per heavy atom. The minimum absolute atomic E-state index is 0.0532. The summed E-state index contributed by atoms with van der Waals surface area (Å²) in [4.78, 5) is 7.54. The number of fused-ring (bicyclic) bond motifs is 4. The van der Waals surface area contributed by atoms with E-state index in [-0.39, 0.29) is 5.41 Å². The molecule has 2 aliphatic heterocycles. The smallest absolute Gasteiger partial charge is 0.119 e. The average Bonchev–Trinajstić information content (AvgIpc) is 3.23. The third-order valence-electron chi connectivity index (χ3n) is 6.73. The molecule has 3 nitrogen and oxygen atoms in total. The topological polar surface area (TPSA) is 21.1 Å². The second kappa shape index (κ2) is 7.56. The van der Waals surface area contributed by atoms with Crippen LogP contribution in [0, 0.1) is 0 Å². The lowest BCUT2D eigenvalue weighted by molar-refractivity contribution is 0.165. The number of benzene rings is 2. The van der Waals surface area contributed by atoms with Gasteiger partial charge in [0, 0.05) is 25.5 Å². The van der Waals surface area contributed by atoms with E-state index in [1.807, 2.05) is 6.20 Å². The summed E-state index contributed by atoms with van der Waals surface area (Å²) >= 11 is 0. The zero-order chi connectivity index (χ0) is 18.8. The van der Waals surface area contributed by atoms with Crippen LogP contribution in [-0.4, -0.2) is 27.5 Å². The van der Waals surface area contributed by atoms with Crippen LogP contribution >= 0.6 is 0 Å². The summed E-state index contributed by atoms with van der Waals surface area (Å²) in [6, 6.07) is 20.0. The number of hydrogen-bond donors (Lipinski definition) is 0. The molecule has 0 aliphatic carbocycles. The Hall–Kier alpha value is -2.39. The van der Waals surface area contributed by atoms with Crippen molar-refractivity contribution in [1.29, 1.82) is 0 Å². The van der Waals surface area contributed by atoms with Crippen molar-refractivity contribution in [1.82, 2.24) is 14.5 Å². The minimum Gasteiger partial charge on any atom is -0.334 e. The van der Waals surface area contributed by atoms with Gasteiger partial charge in [0.25, 0.3) is 0 Å². The molecule has 5 rings (SSSR count). The fourth-order valence-corrected chi connectivity index (χ4v) is 5.26. The lowest BCUT2D eigenvalue weighted by Gasteiger charge is -2.42.